The van der Waals surface area contributed by atoms with E-state index in [9.17, 15) is 0 Å². The summed E-state index contributed by atoms with van der Waals surface area (Å²) >= 11 is 12.5. The van der Waals surface area contributed by atoms with Crippen LogP contribution in [0.5, 0.6) is 0 Å². The lowest BCUT2D eigenvalue weighted by Gasteiger charge is -2.27. The lowest BCUT2D eigenvalue weighted by atomic mass is 9.92. The molecule has 0 radical (unpaired) electrons. The maximum Gasteiger partial charge on any atom is 0.120 e. The summed E-state index contributed by atoms with van der Waals surface area (Å²) in [5.74, 6) is 0.682. The van der Waals surface area contributed by atoms with Crippen LogP contribution in [0.4, 0.5) is 0 Å². The first-order chi connectivity index (χ1) is 9.67. The minimum absolute atomic E-state index is 0.241. The summed E-state index contributed by atoms with van der Waals surface area (Å²) in [4.78, 5) is -0.241. The molecule has 0 aromatic rings. The summed E-state index contributed by atoms with van der Waals surface area (Å²) < 4.78 is 0. The number of alkyl halides is 2. The second kappa shape index (κ2) is 15.2. The van der Waals surface area contributed by atoms with Crippen molar-refractivity contribution in [3.05, 3.63) is 0 Å². The molecule has 0 rings (SSSR count). The Labute approximate surface area is 144 Å². The smallest absolute Gasteiger partial charge is 0.104 e. The van der Waals surface area contributed by atoms with Gasteiger partial charge in [-0.2, -0.15) is 0 Å². The van der Waals surface area contributed by atoms with Gasteiger partial charge in [-0.05, 0) is 25.0 Å². The van der Waals surface area contributed by atoms with Crippen molar-refractivity contribution in [3.8, 4) is 0 Å². The fraction of sp³-hybridized carbons (Fsp3) is 1.00. The van der Waals surface area contributed by atoms with E-state index in [1.54, 1.807) is 10.8 Å². The number of hydrogen-bond acceptors (Lipinski definition) is 2. The lowest BCUT2D eigenvalue weighted by Crippen LogP contribution is -2.23. The van der Waals surface area contributed by atoms with Gasteiger partial charge in [-0.1, -0.05) is 86.8 Å². The maximum atomic E-state index is 6.23. The summed E-state index contributed by atoms with van der Waals surface area (Å²) in [7, 11) is 3.67. The number of unbranched alkanes of at least 4 members (excludes halogenated alkanes) is 6. The van der Waals surface area contributed by atoms with Gasteiger partial charge in [0.2, 0.25) is 0 Å². The Morgan fingerprint density at radius 1 is 0.800 bits per heavy atom. The quantitative estimate of drug-likeness (QED) is 0.177. The highest BCUT2D eigenvalue weighted by Crippen LogP contribution is 2.39. The normalized spacial score (nSPS) is 13.3. The largest absolute Gasteiger partial charge is 0.120 e. The van der Waals surface area contributed by atoms with Crippen molar-refractivity contribution in [1.29, 1.82) is 0 Å². The Balaban J connectivity index is 4.25. The van der Waals surface area contributed by atoms with Gasteiger partial charge < -0.3 is 0 Å². The molecule has 20 heavy (non-hydrogen) atoms. The Hall–Kier alpha value is 1.28. The molecule has 0 N–H and O–H groups in total. The average Bonchev–Trinajstić information content (AvgIpc) is 2.43. The minimum atomic E-state index is -0.241. The van der Waals surface area contributed by atoms with Crippen LogP contribution >= 0.6 is 44.8 Å². The molecule has 0 aliphatic carbocycles. The van der Waals surface area contributed by atoms with Crippen LogP contribution in [0.1, 0.15) is 78.1 Å². The predicted octanol–water partition coefficient (Wildman–Crippen LogP) is 7.73. The maximum absolute atomic E-state index is 6.23. The van der Waals surface area contributed by atoms with Crippen LogP contribution in [0.2, 0.25) is 0 Å². The van der Waals surface area contributed by atoms with E-state index in [0.717, 1.165) is 0 Å². The molecule has 0 bridgehead atoms. The first kappa shape index (κ1) is 21.3. The van der Waals surface area contributed by atoms with Gasteiger partial charge in [0.05, 0.1) is 0 Å². The van der Waals surface area contributed by atoms with Crippen molar-refractivity contribution in [2.75, 3.05) is 6.26 Å². The molecule has 1 atom stereocenters. The van der Waals surface area contributed by atoms with Crippen LogP contribution in [0.15, 0.2) is 0 Å². The Kier molecular flexibility index (Phi) is 16.2. The molecule has 0 amide bonds. The minimum Gasteiger partial charge on any atom is -0.104 e. The van der Waals surface area contributed by atoms with E-state index < -0.39 is 0 Å². The van der Waals surface area contributed by atoms with Gasteiger partial charge in [-0.25, -0.2) is 0 Å². The molecule has 0 spiro atoms. The topological polar surface area (TPSA) is 0 Å². The van der Waals surface area contributed by atoms with Crippen molar-refractivity contribution < 1.29 is 0 Å². The second-order valence-corrected chi connectivity index (χ2v) is 9.33. The van der Waals surface area contributed by atoms with Crippen molar-refractivity contribution in [2.24, 2.45) is 5.92 Å². The van der Waals surface area contributed by atoms with Gasteiger partial charge >= 0.3 is 0 Å². The summed E-state index contributed by atoms with van der Waals surface area (Å²) in [5, 5.41) is 0.386. The van der Waals surface area contributed by atoms with E-state index in [4.69, 9.17) is 23.2 Å². The summed E-state index contributed by atoms with van der Waals surface area (Å²) in [6.45, 7) is 4.53. The van der Waals surface area contributed by atoms with Crippen LogP contribution in [-0.2, 0) is 0 Å². The molecule has 122 valence electrons. The third-order valence-corrected chi connectivity index (χ3v) is 6.93. The van der Waals surface area contributed by atoms with Crippen LogP contribution in [0, 0.1) is 5.92 Å². The second-order valence-electron chi connectivity index (χ2n) is 5.52. The highest BCUT2D eigenvalue weighted by atomic mass is 35.5. The van der Waals surface area contributed by atoms with E-state index >= 15 is 0 Å². The van der Waals surface area contributed by atoms with Crippen molar-refractivity contribution in [1.82, 2.24) is 0 Å². The summed E-state index contributed by atoms with van der Waals surface area (Å²) in [6.07, 6.45) is 15.4. The molecule has 0 nitrogen and oxygen atoms in total. The predicted molar refractivity (Wildman–Crippen MR) is 101 cm³/mol. The molecule has 0 unspecified atom stereocenters. The standard InChI is InChI=1S/C16H32Cl2S2/c1-4-6-8-10-12-14(13-11-9-7-5-2)15(16(17)18)20-19-3/h14-16H,4-13H2,1-3H3/t15-/m1/s1. The SMILES string of the molecule is CCCCCCC(CCCCCC)[C@@H](SSC)C(Cl)Cl. The van der Waals surface area contributed by atoms with E-state index in [2.05, 4.69) is 20.1 Å². The molecule has 4 heteroatoms. The molecule has 0 fully saturated rings. The Morgan fingerprint density at radius 2 is 1.30 bits per heavy atom. The van der Waals surface area contributed by atoms with Gasteiger partial charge in [0, 0.05) is 5.25 Å². The van der Waals surface area contributed by atoms with Gasteiger partial charge in [0.15, 0.2) is 0 Å². The van der Waals surface area contributed by atoms with E-state index in [-0.39, 0.29) is 4.84 Å². The summed E-state index contributed by atoms with van der Waals surface area (Å²) in [6, 6.07) is 0. The third-order valence-electron chi connectivity index (χ3n) is 3.78. The van der Waals surface area contributed by atoms with E-state index in [0.29, 0.717) is 11.2 Å². The third kappa shape index (κ3) is 10.9. The van der Waals surface area contributed by atoms with Gasteiger partial charge in [0.25, 0.3) is 0 Å². The Morgan fingerprint density at radius 3 is 1.65 bits per heavy atom. The number of hydrogen-bond donors (Lipinski definition) is 0. The molecule has 0 saturated heterocycles. The highest BCUT2D eigenvalue weighted by Gasteiger charge is 2.27. The first-order valence-electron chi connectivity index (χ1n) is 8.14. The fourth-order valence-corrected chi connectivity index (χ4v) is 5.87. The number of rotatable bonds is 14. The van der Waals surface area contributed by atoms with Crippen molar-refractivity contribution in [2.45, 2.75) is 88.1 Å². The lowest BCUT2D eigenvalue weighted by molar-refractivity contribution is 0.401. The van der Waals surface area contributed by atoms with Gasteiger partial charge in [-0.15, -0.1) is 23.2 Å². The van der Waals surface area contributed by atoms with Crippen LogP contribution < -0.4 is 0 Å². The zero-order valence-electron chi connectivity index (χ0n) is 13.4. The summed E-state index contributed by atoms with van der Waals surface area (Å²) in [5.41, 5.74) is 0. The Bertz CT molecular complexity index is 189. The van der Waals surface area contributed by atoms with Crippen molar-refractivity contribution >= 4 is 44.8 Å². The average molecular weight is 359 g/mol. The molecule has 0 saturated carbocycles. The zero-order valence-corrected chi connectivity index (χ0v) is 16.5. The molecular weight excluding hydrogens is 327 g/mol. The molecule has 0 aliphatic rings. The molecule has 0 aromatic heterocycles. The van der Waals surface area contributed by atoms with Crippen LogP contribution in [0.3, 0.4) is 0 Å². The fourth-order valence-electron chi connectivity index (χ4n) is 2.58. The zero-order chi connectivity index (χ0) is 15.2. The van der Waals surface area contributed by atoms with E-state index in [1.807, 2.05) is 10.8 Å². The van der Waals surface area contributed by atoms with E-state index in [1.165, 1.54) is 64.2 Å². The first-order valence-corrected chi connectivity index (χ1v) is 11.6. The molecule has 0 heterocycles. The molecule has 0 aromatic carbocycles. The van der Waals surface area contributed by atoms with Crippen LogP contribution in [-0.4, -0.2) is 16.3 Å². The van der Waals surface area contributed by atoms with Gasteiger partial charge in [0.1, 0.15) is 4.84 Å². The number of halogens is 2. The monoisotopic (exact) mass is 358 g/mol. The molecule has 0 aliphatic heterocycles. The van der Waals surface area contributed by atoms with Crippen LogP contribution in [0.25, 0.3) is 0 Å². The highest BCUT2D eigenvalue weighted by molar-refractivity contribution is 8.76. The van der Waals surface area contributed by atoms with Gasteiger partial charge in [-0.3, -0.25) is 0 Å². The van der Waals surface area contributed by atoms with Crippen molar-refractivity contribution in [3.63, 3.8) is 0 Å². The molecular formula is C16H32Cl2S2.